The molecule has 2 rings (SSSR count). The van der Waals surface area contributed by atoms with Crippen molar-refractivity contribution < 1.29 is 33.7 Å². The molecule has 12 heteroatoms. The Labute approximate surface area is 175 Å². The summed E-state index contributed by atoms with van der Waals surface area (Å²) in [6.07, 6.45) is 0. The Morgan fingerprint density at radius 3 is 1.58 bits per heavy atom. The van der Waals surface area contributed by atoms with Gasteiger partial charge in [-0.05, 0) is 12.1 Å². The van der Waals surface area contributed by atoms with Gasteiger partial charge < -0.3 is 14.8 Å². The van der Waals surface area contributed by atoms with Gasteiger partial charge in [0.25, 0.3) is 11.4 Å². The standard InChI is InChI=1S/C19H17N3O9/c1-12(23)20-17(18(24)30-10-13-6-2-4-8-15(13)21(26)27)19(25)31-11-14-7-3-5-9-16(14)22(28)29/h2-9,17H,10-11H2,1H3,(H,20,23). The molecule has 0 aliphatic rings. The highest BCUT2D eigenvalue weighted by Crippen LogP contribution is 2.20. The van der Waals surface area contributed by atoms with E-state index < -0.39 is 46.9 Å². The number of nitro benzene ring substituents is 2. The Balaban J connectivity index is 2.09. The van der Waals surface area contributed by atoms with Gasteiger partial charge >= 0.3 is 11.9 Å². The lowest BCUT2D eigenvalue weighted by molar-refractivity contribution is -0.386. The third kappa shape index (κ3) is 6.32. The second kappa shape index (κ2) is 10.4. The summed E-state index contributed by atoms with van der Waals surface area (Å²) >= 11 is 0. The Bertz CT molecular complexity index is 949. The van der Waals surface area contributed by atoms with E-state index >= 15 is 0 Å². The van der Waals surface area contributed by atoms with Crippen molar-refractivity contribution in [1.29, 1.82) is 0 Å². The molecule has 0 bridgehead atoms. The number of amides is 1. The van der Waals surface area contributed by atoms with Crippen LogP contribution < -0.4 is 5.32 Å². The third-order valence-electron chi connectivity index (χ3n) is 3.94. The van der Waals surface area contributed by atoms with E-state index in [2.05, 4.69) is 5.32 Å². The van der Waals surface area contributed by atoms with Crippen LogP contribution in [0, 0.1) is 20.2 Å². The van der Waals surface area contributed by atoms with E-state index in [4.69, 9.17) is 9.47 Å². The van der Waals surface area contributed by atoms with Gasteiger partial charge in [0.15, 0.2) is 0 Å². The smallest absolute Gasteiger partial charge is 0.340 e. The average Bonchev–Trinajstić information content (AvgIpc) is 2.74. The number of benzene rings is 2. The lowest BCUT2D eigenvalue weighted by Crippen LogP contribution is -2.47. The van der Waals surface area contributed by atoms with Crippen molar-refractivity contribution in [2.75, 3.05) is 0 Å². The molecule has 0 radical (unpaired) electrons. The van der Waals surface area contributed by atoms with Crippen LogP contribution in [0.15, 0.2) is 48.5 Å². The van der Waals surface area contributed by atoms with E-state index in [-0.39, 0.29) is 22.5 Å². The SMILES string of the molecule is CC(=O)NC(C(=O)OCc1ccccc1[N+](=O)[O-])C(=O)OCc1ccccc1[N+](=O)[O-]. The first kappa shape index (κ1) is 22.9. The highest BCUT2D eigenvalue weighted by molar-refractivity contribution is 6.02. The zero-order chi connectivity index (χ0) is 23.0. The number of para-hydroxylation sites is 2. The van der Waals surface area contributed by atoms with Crippen molar-refractivity contribution in [3.63, 3.8) is 0 Å². The van der Waals surface area contributed by atoms with Crippen molar-refractivity contribution >= 4 is 29.2 Å². The maximum Gasteiger partial charge on any atom is 0.340 e. The molecule has 0 aromatic heterocycles. The Kier molecular flexibility index (Phi) is 7.72. The molecule has 0 aliphatic heterocycles. The van der Waals surface area contributed by atoms with Crippen LogP contribution in [0.5, 0.6) is 0 Å². The molecule has 1 amide bonds. The molecule has 31 heavy (non-hydrogen) atoms. The predicted molar refractivity (Wildman–Crippen MR) is 103 cm³/mol. The maximum atomic E-state index is 12.3. The van der Waals surface area contributed by atoms with Crippen LogP contribution in [0.2, 0.25) is 0 Å². The van der Waals surface area contributed by atoms with Gasteiger partial charge in [0.05, 0.1) is 21.0 Å². The van der Waals surface area contributed by atoms with E-state index in [1.54, 1.807) is 0 Å². The monoisotopic (exact) mass is 431 g/mol. The van der Waals surface area contributed by atoms with Gasteiger partial charge in [-0.3, -0.25) is 25.0 Å². The first-order valence-electron chi connectivity index (χ1n) is 8.75. The number of hydrogen-bond acceptors (Lipinski definition) is 9. The van der Waals surface area contributed by atoms with Crippen molar-refractivity contribution in [2.45, 2.75) is 26.2 Å². The predicted octanol–water partition coefficient (Wildman–Crippen LogP) is 1.79. The number of carbonyl (C=O) groups is 3. The highest BCUT2D eigenvalue weighted by Gasteiger charge is 2.32. The lowest BCUT2D eigenvalue weighted by atomic mass is 10.2. The molecule has 2 aromatic rings. The van der Waals surface area contributed by atoms with Gasteiger partial charge in [-0.1, -0.05) is 24.3 Å². The topological polar surface area (TPSA) is 168 Å². The van der Waals surface area contributed by atoms with Crippen LogP contribution in [-0.4, -0.2) is 33.7 Å². The minimum Gasteiger partial charge on any atom is -0.459 e. The summed E-state index contributed by atoms with van der Waals surface area (Å²) in [5, 5.41) is 24.1. The van der Waals surface area contributed by atoms with E-state index in [1.807, 2.05) is 0 Å². The van der Waals surface area contributed by atoms with Crippen LogP contribution >= 0.6 is 0 Å². The number of rotatable bonds is 9. The number of ether oxygens (including phenoxy) is 2. The molecule has 2 aromatic carbocycles. The number of nitrogens with one attached hydrogen (secondary N) is 1. The lowest BCUT2D eigenvalue weighted by Gasteiger charge is -2.16. The second-order valence-electron chi connectivity index (χ2n) is 6.12. The Hall–Kier alpha value is -4.35. The first-order chi connectivity index (χ1) is 14.7. The molecule has 0 saturated carbocycles. The summed E-state index contributed by atoms with van der Waals surface area (Å²) in [7, 11) is 0. The van der Waals surface area contributed by atoms with E-state index in [0.717, 1.165) is 6.92 Å². The van der Waals surface area contributed by atoms with Crippen LogP contribution in [0.25, 0.3) is 0 Å². The van der Waals surface area contributed by atoms with Gasteiger partial charge in [0.1, 0.15) is 13.2 Å². The summed E-state index contributed by atoms with van der Waals surface area (Å²) in [5.41, 5.74) is -0.415. The average molecular weight is 431 g/mol. The molecule has 0 heterocycles. The van der Waals surface area contributed by atoms with Crippen LogP contribution in [0.4, 0.5) is 11.4 Å². The first-order valence-corrected chi connectivity index (χ1v) is 8.75. The van der Waals surface area contributed by atoms with Crippen LogP contribution in [-0.2, 0) is 37.1 Å². The summed E-state index contributed by atoms with van der Waals surface area (Å²) in [6, 6.07) is 9.18. The van der Waals surface area contributed by atoms with Gasteiger partial charge in [-0.25, -0.2) is 9.59 Å². The molecule has 0 spiro atoms. The zero-order valence-corrected chi connectivity index (χ0v) is 16.2. The number of hydrogen-bond donors (Lipinski definition) is 1. The van der Waals surface area contributed by atoms with Gasteiger partial charge in [0, 0.05) is 19.1 Å². The van der Waals surface area contributed by atoms with Crippen molar-refractivity contribution in [3.8, 4) is 0 Å². The zero-order valence-electron chi connectivity index (χ0n) is 16.2. The number of nitro groups is 2. The molecule has 1 N–H and O–H groups in total. The summed E-state index contributed by atoms with van der Waals surface area (Å²) < 4.78 is 9.90. The normalized spacial score (nSPS) is 10.3. The molecular weight excluding hydrogens is 414 g/mol. The number of nitrogens with zero attached hydrogens (tertiary/aromatic N) is 2. The quantitative estimate of drug-likeness (QED) is 0.269. The molecule has 0 fully saturated rings. The molecule has 0 aliphatic carbocycles. The van der Waals surface area contributed by atoms with Crippen molar-refractivity contribution in [2.24, 2.45) is 0 Å². The van der Waals surface area contributed by atoms with Crippen molar-refractivity contribution in [1.82, 2.24) is 5.32 Å². The van der Waals surface area contributed by atoms with Gasteiger partial charge in [-0.2, -0.15) is 0 Å². The highest BCUT2D eigenvalue weighted by atomic mass is 16.6. The maximum absolute atomic E-state index is 12.3. The number of esters is 2. The Morgan fingerprint density at radius 2 is 1.23 bits per heavy atom. The molecule has 0 unspecified atom stereocenters. The van der Waals surface area contributed by atoms with Crippen LogP contribution in [0.3, 0.4) is 0 Å². The van der Waals surface area contributed by atoms with Crippen molar-refractivity contribution in [3.05, 3.63) is 79.9 Å². The summed E-state index contributed by atoms with van der Waals surface area (Å²) in [5.74, 6) is -3.16. The fourth-order valence-corrected chi connectivity index (χ4v) is 2.50. The summed E-state index contributed by atoms with van der Waals surface area (Å²) in [4.78, 5) is 56.8. The third-order valence-corrected chi connectivity index (χ3v) is 3.94. The van der Waals surface area contributed by atoms with Gasteiger partial charge in [0.2, 0.25) is 11.9 Å². The van der Waals surface area contributed by atoms with Gasteiger partial charge in [-0.15, -0.1) is 0 Å². The summed E-state index contributed by atoms with van der Waals surface area (Å²) in [6.45, 7) is 0.00462. The molecule has 0 atom stereocenters. The largest absolute Gasteiger partial charge is 0.459 e. The van der Waals surface area contributed by atoms with Crippen LogP contribution in [0.1, 0.15) is 18.1 Å². The minimum absolute atomic E-state index is 0.0794. The molecule has 162 valence electrons. The fraction of sp³-hybridized carbons (Fsp3) is 0.211. The molecule has 0 saturated heterocycles. The minimum atomic E-state index is -1.86. The molecular formula is C19H17N3O9. The van der Waals surface area contributed by atoms with E-state index in [0.29, 0.717) is 0 Å². The Morgan fingerprint density at radius 1 is 0.839 bits per heavy atom. The molecule has 12 nitrogen and oxygen atoms in total. The number of carbonyl (C=O) groups excluding carboxylic acids is 3. The fourth-order valence-electron chi connectivity index (χ4n) is 2.50. The second-order valence-corrected chi connectivity index (χ2v) is 6.12. The van der Waals surface area contributed by atoms with E-state index in [9.17, 15) is 34.6 Å². The van der Waals surface area contributed by atoms with E-state index in [1.165, 1.54) is 48.5 Å².